The molecule has 3 atom stereocenters. The summed E-state index contributed by atoms with van der Waals surface area (Å²) in [6.07, 6.45) is 5.73. The lowest BCUT2D eigenvalue weighted by molar-refractivity contribution is 0.192. The van der Waals surface area contributed by atoms with Gasteiger partial charge in [-0.2, -0.15) is 0 Å². The monoisotopic (exact) mass is 289 g/mol. The first-order valence-electron chi connectivity index (χ1n) is 8.27. The molecule has 0 spiro atoms. The molecule has 2 bridgehead atoms. The van der Waals surface area contributed by atoms with Crippen LogP contribution in [-0.4, -0.2) is 26.9 Å². The predicted molar refractivity (Wildman–Crippen MR) is 84.5 cm³/mol. The number of hydrogen-bond acceptors (Lipinski definition) is 3. The van der Waals surface area contributed by atoms with Crippen molar-refractivity contribution in [3.05, 3.63) is 29.8 Å². The quantitative estimate of drug-likeness (QED) is 0.745. The molecule has 1 N–H and O–H groups in total. The van der Waals surface area contributed by atoms with Crippen LogP contribution in [-0.2, 0) is 11.3 Å². The molecule has 2 fully saturated rings. The van der Waals surface area contributed by atoms with Gasteiger partial charge in [0.15, 0.2) is 0 Å². The highest BCUT2D eigenvalue weighted by Gasteiger charge is 2.39. The van der Waals surface area contributed by atoms with Crippen LogP contribution in [0.2, 0.25) is 0 Å². The SMILES string of the molecule is COCCNCc1ccccc1OCC1CC2CCC1C2. The van der Waals surface area contributed by atoms with E-state index in [0.29, 0.717) is 0 Å². The number of hydrogen-bond donors (Lipinski definition) is 1. The van der Waals surface area contributed by atoms with Gasteiger partial charge < -0.3 is 14.8 Å². The van der Waals surface area contributed by atoms with Crippen LogP contribution in [0.5, 0.6) is 5.75 Å². The Hall–Kier alpha value is -1.06. The molecule has 116 valence electrons. The van der Waals surface area contributed by atoms with Gasteiger partial charge in [0.05, 0.1) is 13.2 Å². The van der Waals surface area contributed by atoms with Crippen molar-refractivity contribution in [3.8, 4) is 5.75 Å². The number of rotatable bonds is 8. The highest BCUT2D eigenvalue weighted by Crippen LogP contribution is 2.48. The van der Waals surface area contributed by atoms with E-state index >= 15 is 0 Å². The Bertz CT molecular complexity index is 449. The van der Waals surface area contributed by atoms with Crippen molar-refractivity contribution in [2.45, 2.75) is 32.2 Å². The summed E-state index contributed by atoms with van der Waals surface area (Å²) >= 11 is 0. The maximum atomic E-state index is 6.16. The van der Waals surface area contributed by atoms with Gasteiger partial charge in [-0.3, -0.25) is 0 Å². The van der Waals surface area contributed by atoms with Crippen LogP contribution in [0.15, 0.2) is 24.3 Å². The van der Waals surface area contributed by atoms with Crippen LogP contribution < -0.4 is 10.1 Å². The maximum Gasteiger partial charge on any atom is 0.123 e. The van der Waals surface area contributed by atoms with E-state index in [1.165, 1.54) is 31.2 Å². The summed E-state index contributed by atoms with van der Waals surface area (Å²) in [4.78, 5) is 0. The van der Waals surface area contributed by atoms with Gasteiger partial charge in [0.1, 0.15) is 5.75 Å². The number of ether oxygens (including phenoxy) is 2. The summed E-state index contributed by atoms with van der Waals surface area (Å²) < 4.78 is 11.2. The molecule has 0 heterocycles. The molecular weight excluding hydrogens is 262 g/mol. The van der Waals surface area contributed by atoms with Gasteiger partial charge >= 0.3 is 0 Å². The molecule has 3 rings (SSSR count). The molecule has 0 saturated heterocycles. The summed E-state index contributed by atoms with van der Waals surface area (Å²) in [5.74, 6) is 3.76. The Balaban J connectivity index is 1.50. The van der Waals surface area contributed by atoms with E-state index in [1.807, 2.05) is 0 Å². The third-order valence-electron chi connectivity index (χ3n) is 5.11. The minimum atomic E-state index is 0.744. The average molecular weight is 289 g/mol. The Morgan fingerprint density at radius 3 is 2.86 bits per heavy atom. The van der Waals surface area contributed by atoms with E-state index < -0.39 is 0 Å². The highest BCUT2D eigenvalue weighted by atomic mass is 16.5. The van der Waals surface area contributed by atoms with Crippen molar-refractivity contribution in [2.75, 3.05) is 26.9 Å². The van der Waals surface area contributed by atoms with Gasteiger partial charge in [-0.05, 0) is 43.1 Å². The molecular formula is C18H27NO2. The molecule has 2 aliphatic rings. The largest absolute Gasteiger partial charge is 0.493 e. The summed E-state index contributed by atoms with van der Waals surface area (Å²) in [5.41, 5.74) is 1.25. The van der Waals surface area contributed by atoms with Crippen LogP contribution in [0.25, 0.3) is 0 Å². The molecule has 2 aliphatic carbocycles. The first-order valence-corrected chi connectivity index (χ1v) is 8.27. The van der Waals surface area contributed by atoms with E-state index in [-0.39, 0.29) is 0 Å². The molecule has 3 nitrogen and oxygen atoms in total. The van der Waals surface area contributed by atoms with E-state index in [9.17, 15) is 0 Å². The first kappa shape index (κ1) is 14.9. The minimum Gasteiger partial charge on any atom is -0.493 e. The third kappa shape index (κ3) is 3.78. The van der Waals surface area contributed by atoms with Crippen molar-refractivity contribution < 1.29 is 9.47 Å². The molecule has 0 radical (unpaired) electrons. The van der Waals surface area contributed by atoms with Gasteiger partial charge in [0, 0.05) is 25.8 Å². The van der Waals surface area contributed by atoms with Crippen LogP contribution in [0.4, 0.5) is 0 Å². The standard InChI is InChI=1S/C18H27NO2/c1-20-9-8-19-12-16-4-2-3-5-18(16)21-13-17-11-14-6-7-15(17)10-14/h2-5,14-15,17,19H,6-13H2,1H3. The number of methoxy groups -OCH3 is 1. The van der Waals surface area contributed by atoms with E-state index in [1.54, 1.807) is 7.11 Å². The van der Waals surface area contributed by atoms with Gasteiger partial charge in [0.2, 0.25) is 0 Å². The van der Waals surface area contributed by atoms with Crippen molar-refractivity contribution in [1.29, 1.82) is 0 Å². The smallest absolute Gasteiger partial charge is 0.123 e. The first-order chi connectivity index (χ1) is 10.4. The molecule has 0 aliphatic heterocycles. The lowest BCUT2D eigenvalue weighted by Gasteiger charge is -2.22. The maximum absolute atomic E-state index is 6.16. The van der Waals surface area contributed by atoms with Gasteiger partial charge in [-0.25, -0.2) is 0 Å². The zero-order chi connectivity index (χ0) is 14.5. The van der Waals surface area contributed by atoms with Gasteiger partial charge in [0.25, 0.3) is 0 Å². The van der Waals surface area contributed by atoms with Gasteiger partial charge in [-0.1, -0.05) is 24.6 Å². The number of benzene rings is 1. The predicted octanol–water partition coefficient (Wildman–Crippen LogP) is 3.24. The molecule has 21 heavy (non-hydrogen) atoms. The number of para-hydroxylation sites is 1. The molecule has 2 saturated carbocycles. The van der Waals surface area contributed by atoms with Crippen molar-refractivity contribution >= 4 is 0 Å². The second-order valence-corrected chi connectivity index (χ2v) is 6.52. The lowest BCUT2D eigenvalue weighted by atomic mass is 9.89. The normalized spacial score (nSPS) is 27.2. The molecule has 0 aromatic heterocycles. The molecule has 1 aromatic rings. The molecule has 3 heteroatoms. The Labute approximate surface area is 128 Å². The van der Waals surface area contributed by atoms with E-state index in [4.69, 9.17) is 9.47 Å². The fraction of sp³-hybridized carbons (Fsp3) is 0.667. The van der Waals surface area contributed by atoms with Crippen LogP contribution >= 0.6 is 0 Å². The summed E-state index contributed by atoms with van der Waals surface area (Å²) in [6.45, 7) is 3.36. The van der Waals surface area contributed by atoms with Crippen LogP contribution in [0.1, 0.15) is 31.2 Å². The molecule has 0 amide bonds. The van der Waals surface area contributed by atoms with E-state index in [0.717, 1.165) is 49.8 Å². The second kappa shape index (κ2) is 7.28. The average Bonchev–Trinajstić information content (AvgIpc) is 3.13. The number of nitrogens with one attached hydrogen (secondary N) is 1. The summed E-state index contributed by atoms with van der Waals surface area (Å²) in [7, 11) is 1.73. The Kier molecular flexibility index (Phi) is 5.15. The Morgan fingerprint density at radius 2 is 2.10 bits per heavy atom. The minimum absolute atomic E-state index is 0.744. The second-order valence-electron chi connectivity index (χ2n) is 6.52. The van der Waals surface area contributed by atoms with Crippen LogP contribution in [0.3, 0.4) is 0 Å². The fourth-order valence-corrected chi connectivity index (χ4v) is 3.97. The highest BCUT2D eigenvalue weighted by molar-refractivity contribution is 5.33. The molecule has 3 unspecified atom stereocenters. The Morgan fingerprint density at radius 1 is 1.19 bits per heavy atom. The zero-order valence-corrected chi connectivity index (χ0v) is 13.0. The summed E-state index contributed by atoms with van der Waals surface area (Å²) in [6, 6.07) is 8.39. The fourth-order valence-electron chi connectivity index (χ4n) is 3.97. The topological polar surface area (TPSA) is 30.5 Å². The van der Waals surface area contributed by atoms with Crippen molar-refractivity contribution in [3.63, 3.8) is 0 Å². The van der Waals surface area contributed by atoms with Gasteiger partial charge in [-0.15, -0.1) is 0 Å². The third-order valence-corrected chi connectivity index (χ3v) is 5.11. The molecule has 1 aromatic carbocycles. The van der Waals surface area contributed by atoms with Crippen molar-refractivity contribution in [1.82, 2.24) is 5.32 Å². The van der Waals surface area contributed by atoms with Crippen LogP contribution in [0, 0.1) is 17.8 Å². The number of fused-ring (bicyclic) bond motifs is 2. The lowest BCUT2D eigenvalue weighted by Crippen LogP contribution is -2.21. The van der Waals surface area contributed by atoms with E-state index in [2.05, 4.69) is 29.6 Å². The zero-order valence-electron chi connectivity index (χ0n) is 13.0. The summed E-state index contributed by atoms with van der Waals surface area (Å²) in [5, 5.41) is 3.39. The van der Waals surface area contributed by atoms with Crippen molar-refractivity contribution in [2.24, 2.45) is 17.8 Å².